The SMILES string of the molecule is CC(C)CCCCC1CC(OCCO)SS1. The highest BCUT2D eigenvalue weighted by Gasteiger charge is 2.26. The minimum Gasteiger partial charge on any atom is -0.394 e. The number of hydrogen-bond donors (Lipinski definition) is 1. The molecule has 1 fully saturated rings. The van der Waals surface area contributed by atoms with Gasteiger partial charge in [0.25, 0.3) is 0 Å². The molecule has 2 atom stereocenters. The molecular weight excluding hydrogens is 240 g/mol. The molecule has 0 aromatic carbocycles. The van der Waals surface area contributed by atoms with E-state index in [9.17, 15) is 0 Å². The largest absolute Gasteiger partial charge is 0.394 e. The zero-order valence-corrected chi connectivity index (χ0v) is 12.0. The number of aliphatic hydroxyl groups is 1. The summed E-state index contributed by atoms with van der Waals surface area (Å²) in [4.78, 5) is 0. The Morgan fingerprint density at radius 1 is 1.31 bits per heavy atom. The van der Waals surface area contributed by atoms with Gasteiger partial charge < -0.3 is 9.84 Å². The molecule has 0 aliphatic carbocycles. The first-order valence-electron chi connectivity index (χ1n) is 6.27. The van der Waals surface area contributed by atoms with E-state index in [2.05, 4.69) is 13.8 Å². The van der Waals surface area contributed by atoms with E-state index in [4.69, 9.17) is 9.84 Å². The number of aliphatic hydroxyl groups excluding tert-OH is 1. The Balaban J connectivity index is 1.98. The van der Waals surface area contributed by atoms with E-state index in [1.165, 1.54) is 25.7 Å². The minimum atomic E-state index is 0.140. The van der Waals surface area contributed by atoms with Crippen molar-refractivity contribution in [3.8, 4) is 0 Å². The van der Waals surface area contributed by atoms with Gasteiger partial charge in [-0.1, -0.05) is 54.7 Å². The van der Waals surface area contributed by atoms with E-state index in [0.717, 1.165) is 17.6 Å². The summed E-state index contributed by atoms with van der Waals surface area (Å²) in [7, 11) is 3.81. The lowest BCUT2D eigenvalue weighted by Crippen LogP contribution is -2.11. The number of ether oxygens (including phenoxy) is 1. The smallest absolute Gasteiger partial charge is 0.114 e. The molecule has 96 valence electrons. The van der Waals surface area contributed by atoms with Crippen LogP contribution < -0.4 is 0 Å². The average molecular weight is 264 g/mol. The first-order chi connectivity index (χ1) is 7.72. The minimum absolute atomic E-state index is 0.140. The van der Waals surface area contributed by atoms with E-state index in [0.29, 0.717) is 12.0 Å². The summed E-state index contributed by atoms with van der Waals surface area (Å²) in [5, 5.41) is 9.44. The fourth-order valence-corrected chi connectivity index (χ4v) is 4.96. The molecule has 1 N–H and O–H groups in total. The molecule has 16 heavy (non-hydrogen) atoms. The third-order valence-corrected chi connectivity index (χ3v) is 5.86. The molecule has 0 radical (unpaired) electrons. The van der Waals surface area contributed by atoms with Crippen LogP contribution in [0.3, 0.4) is 0 Å². The Morgan fingerprint density at radius 3 is 2.81 bits per heavy atom. The fourth-order valence-electron chi connectivity index (χ4n) is 1.80. The van der Waals surface area contributed by atoms with Gasteiger partial charge in [-0.05, 0) is 18.8 Å². The molecule has 0 aromatic heterocycles. The molecule has 1 aliphatic heterocycles. The molecule has 1 aliphatic rings. The van der Waals surface area contributed by atoms with Crippen LogP contribution in [0.5, 0.6) is 0 Å². The van der Waals surface area contributed by atoms with Crippen molar-refractivity contribution in [2.24, 2.45) is 5.92 Å². The first kappa shape index (κ1) is 14.7. The summed E-state index contributed by atoms with van der Waals surface area (Å²) in [6, 6.07) is 0. The Labute approximate surface area is 107 Å². The van der Waals surface area contributed by atoms with Crippen LogP contribution in [-0.2, 0) is 4.74 Å². The van der Waals surface area contributed by atoms with Gasteiger partial charge >= 0.3 is 0 Å². The molecular formula is C12H24O2S2. The van der Waals surface area contributed by atoms with E-state index >= 15 is 0 Å². The summed E-state index contributed by atoms with van der Waals surface area (Å²) in [5.74, 6) is 0.839. The highest BCUT2D eigenvalue weighted by Crippen LogP contribution is 2.45. The molecule has 1 saturated heterocycles. The lowest BCUT2D eigenvalue weighted by atomic mass is 10.0. The Kier molecular flexibility index (Phi) is 7.96. The molecule has 0 aromatic rings. The first-order valence-corrected chi connectivity index (χ1v) is 8.54. The Hall–Kier alpha value is 0.620. The molecule has 4 heteroatoms. The average Bonchev–Trinajstić information content (AvgIpc) is 2.69. The zero-order valence-electron chi connectivity index (χ0n) is 10.4. The van der Waals surface area contributed by atoms with Gasteiger partial charge in [-0.2, -0.15) is 0 Å². The third-order valence-electron chi connectivity index (χ3n) is 2.71. The van der Waals surface area contributed by atoms with Crippen LogP contribution in [-0.4, -0.2) is 29.0 Å². The predicted octanol–water partition coefficient (Wildman–Crippen LogP) is 3.69. The van der Waals surface area contributed by atoms with Gasteiger partial charge in [0.2, 0.25) is 0 Å². The van der Waals surface area contributed by atoms with Gasteiger partial charge in [0.05, 0.1) is 13.2 Å². The number of hydrogen-bond acceptors (Lipinski definition) is 4. The summed E-state index contributed by atoms with van der Waals surface area (Å²) in [6.07, 6.45) is 6.54. The normalized spacial score (nSPS) is 25.5. The summed E-state index contributed by atoms with van der Waals surface area (Å²) in [5.41, 5.74) is 0.312. The van der Waals surface area contributed by atoms with Crippen LogP contribution in [0.1, 0.15) is 46.0 Å². The lowest BCUT2D eigenvalue weighted by Gasteiger charge is -2.10. The number of unbranched alkanes of at least 4 members (excludes halogenated alkanes) is 1. The fraction of sp³-hybridized carbons (Fsp3) is 1.00. The van der Waals surface area contributed by atoms with Gasteiger partial charge in [-0.3, -0.25) is 0 Å². The predicted molar refractivity (Wildman–Crippen MR) is 73.7 cm³/mol. The van der Waals surface area contributed by atoms with Crippen LogP contribution in [0, 0.1) is 5.92 Å². The molecule has 1 heterocycles. The van der Waals surface area contributed by atoms with Crippen molar-refractivity contribution >= 4 is 21.6 Å². The van der Waals surface area contributed by atoms with Gasteiger partial charge in [0.15, 0.2) is 0 Å². The second-order valence-corrected chi connectivity index (χ2v) is 7.48. The van der Waals surface area contributed by atoms with Crippen molar-refractivity contribution in [2.75, 3.05) is 13.2 Å². The molecule has 0 saturated carbocycles. The van der Waals surface area contributed by atoms with Crippen LogP contribution in [0.2, 0.25) is 0 Å². The van der Waals surface area contributed by atoms with Crippen molar-refractivity contribution in [3.63, 3.8) is 0 Å². The van der Waals surface area contributed by atoms with Gasteiger partial charge in [-0.15, -0.1) is 0 Å². The van der Waals surface area contributed by atoms with E-state index in [-0.39, 0.29) is 6.61 Å². The molecule has 2 unspecified atom stereocenters. The second-order valence-electron chi connectivity index (χ2n) is 4.75. The van der Waals surface area contributed by atoms with Gasteiger partial charge in [-0.25, -0.2) is 0 Å². The number of rotatable bonds is 8. The highest BCUT2D eigenvalue weighted by molar-refractivity contribution is 8.77. The van der Waals surface area contributed by atoms with Crippen molar-refractivity contribution in [1.29, 1.82) is 0 Å². The van der Waals surface area contributed by atoms with E-state index < -0.39 is 0 Å². The molecule has 0 spiro atoms. The van der Waals surface area contributed by atoms with Crippen molar-refractivity contribution < 1.29 is 9.84 Å². The van der Waals surface area contributed by atoms with Crippen LogP contribution in [0.15, 0.2) is 0 Å². The van der Waals surface area contributed by atoms with Crippen LogP contribution >= 0.6 is 21.6 Å². The van der Waals surface area contributed by atoms with E-state index in [1.54, 1.807) is 0 Å². The summed E-state index contributed by atoms with van der Waals surface area (Å²) >= 11 is 0. The highest BCUT2D eigenvalue weighted by atomic mass is 33.1. The standard InChI is InChI=1S/C12H24O2S2/c1-10(2)5-3-4-6-11-9-12(16-15-11)14-8-7-13/h10-13H,3-9H2,1-2H3. The van der Waals surface area contributed by atoms with Crippen molar-refractivity contribution in [3.05, 3.63) is 0 Å². The van der Waals surface area contributed by atoms with Crippen LogP contribution in [0.4, 0.5) is 0 Å². The van der Waals surface area contributed by atoms with Crippen molar-refractivity contribution in [1.82, 2.24) is 0 Å². The molecule has 2 nitrogen and oxygen atoms in total. The Morgan fingerprint density at radius 2 is 2.12 bits per heavy atom. The van der Waals surface area contributed by atoms with Gasteiger partial charge in [0.1, 0.15) is 5.44 Å². The second kappa shape index (κ2) is 8.67. The summed E-state index contributed by atoms with van der Waals surface area (Å²) in [6.45, 7) is 5.21. The Bertz CT molecular complexity index is 176. The maximum Gasteiger partial charge on any atom is 0.114 e. The summed E-state index contributed by atoms with van der Waals surface area (Å²) < 4.78 is 5.52. The molecule has 0 amide bonds. The maximum atomic E-state index is 8.68. The lowest BCUT2D eigenvalue weighted by molar-refractivity contribution is 0.0733. The quantitative estimate of drug-likeness (QED) is 0.535. The van der Waals surface area contributed by atoms with Crippen molar-refractivity contribution in [2.45, 2.75) is 56.6 Å². The van der Waals surface area contributed by atoms with Crippen LogP contribution in [0.25, 0.3) is 0 Å². The third kappa shape index (κ3) is 6.38. The zero-order chi connectivity index (χ0) is 11.8. The topological polar surface area (TPSA) is 29.5 Å². The molecule has 1 rings (SSSR count). The van der Waals surface area contributed by atoms with Gasteiger partial charge in [0, 0.05) is 5.25 Å². The maximum absolute atomic E-state index is 8.68. The monoisotopic (exact) mass is 264 g/mol. The molecule has 0 bridgehead atoms. The van der Waals surface area contributed by atoms with E-state index in [1.807, 2.05) is 21.6 Å².